The van der Waals surface area contributed by atoms with Crippen LogP contribution in [0.15, 0.2) is 90.4 Å². The second-order valence-electron chi connectivity index (χ2n) is 8.32. The molecule has 1 aliphatic rings. The highest BCUT2D eigenvalue weighted by Gasteiger charge is 2.35. The topological polar surface area (TPSA) is 81.1 Å². The molecule has 176 valence electrons. The number of hydrogen-bond acceptors (Lipinski definition) is 5. The van der Waals surface area contributed by atoms with Crippen molar-refractivity contribution in [3.63, 3.8) is 0 Å². The predicted octanol–water partition coefficient (Wildman–Crippen LogP) is 5.75. The number of benzene rings is 3. The first-order chi connectivity index (χ1) is 17.0. The van der Waals surface area contributed by atoms with Gasteiger partial charge in [0.2, 0.25) is 5.95 Å². The number of rotatable bonds is 6. The van der Waals surface area contributed by atoms with E-state index < -0.39 is 6.04 Å². The third-order valence-corrected chi connectivity index (χ3v) is 6.21. The first-order valence-corrected chi connectivity index (χ1v) is 11.6. The Morgan fingerprint density at radius 1 is 1.06 bits per heavy atom. The molecule has 0 bridgehead atoms. The number of carbonyl (C=O) groups is 1. The molecule has 1 atom stereocenters. The van der Waals surface area contributed by atoms with Gasteiger partial charge in [0.25, 0.3) is 5.91 Å². The lowest BCUT2D eigenvalue weighted by atomic mass is 9.94. The molecule has 0 spiro atoms. The van der Waals surface area contributed by atoms with Crippen molar-refractivity contribution in [2.75, 3.05) is 10.6 Å². The molecule has 1 aliphatic heterocycles. The summed E-state index contributed by atoms with van der Waals surface area (Å²) in [7, 11) is 0. The Hall–Kier alpha value is -4.10. The van der Waals surface area contributed by atoms with Crippen molar-refractivity contribution in [2.45, 2.75) is 26.5 Å². The highest BCUT2D eigenvalue weighted by molar-refractivity contribution is 6.30. The molecule has 0 aliphatic carbocycles. The number of nitrogens with zero attached hydrogens (tertiary/aromatic N) is 3. The number of halogens is 1. The van der Waals surface area contributed by atoms with Crippen LogP contribution in [0.1, 0.15) is 29.7 Å². The smallest absolute Gasteiger partial charge is 0.255 e. The number of amides is 1. The number of allylic oxidation sites excluding steroid dienone is 1. The van der Waals surface area contributed by atoms with Crippen LogP contribution in [0, 0.1) is 6.92 Å². The number of fused-ring (bicyclic) bond motifs is 1. The van der Waals surface area contributed by atoms with Crippen LogP contribution in [0.3, 0.4) is 0 Å². The number of ether oxygens (including phenoxy) is 1. The van der Waals surface area contributed by atoms with Crippen molar-refractivity contribution in [2.24, 2.45) is 0 Å². The Morgan fingerprint density at radius 3 is 2.60 bits per heavy atom. The van der Waals surface area contributed by atoms with Crippen LogP contribution in [0.4, 0.5) is 11.6 Å². The second kappa shape index (κ2) is 9.64. The Labute approximate surface area is 208 Å². The molecule has 35 heavy (non-hydrogen) atoms. The van der Waals surface area contributed by atoms with Gasteiger partial charge in [0.15, 0.2) is 0 Å². The number of carbonyl (C=O) groups excluding carboxylic acids is 1. The monoisotopic (exact) mass is 485 g/mol. The van der Waals surface area contributed by atoms with Crippen molar-refractivity contribution in [3.05, 3.63) is 112 Å². The molecule has 4 aromatic rings. The fraction of sp³-hybridized carbons (Fsp3) is 0.148. The number of aromatic nitrogens is 3. The zero-order chi connectivity index (χ0) is 24.4. The molecule has 3 aromatic carbocycles. The van der Waals surface area contributed by atoms with E-state index in [0.29, 0.717) is 34.6 Å². The molecule has 1 amide bonds. The van der Waals surface area contributed by atoms with Gasteiger partial charge in [-0.15, -0.1) is 0 Å². The summed E-state index contributed by atoms with van der Waals surface area (Å²) in [5.74, 6) is 1.00. The Bertz CT molecular complexity index is 1410. The largest absolute Gasteiger partial charge is 0.489 e. The van der Waals surface area contributed by atoms with E-state index in [-0.39, 0.29) is 5.91 Å². The van der Waals surface area contributed by atoms with Crippen LogP contribution < -0.4 is 15.4 Å². The van der Waals surface area contributed by atoms with Gasteiger partial charge < -0.3 is 15.4 Å². The minimum absolute atomic E-state index is 0.219. The number of anilines is 2. The van der Waals surface area contributed by atoms with Crippen LogP contribution in [0.25, 0.3) is 0 Å². The number of nitrogens with one attached hydrogen (secondary N) is 2. The lowest BCUT2D eigenvalue weighted by Crippen LogP contribution is -2.32. The van der Waals surface area contributed by atoms with Crippen molar-refractivity contribution in [1.29, 1.82) is 0 Å². The van der Waals surface area contributed by atoms with E-state index in [1.54, 1.807) is 4.68 Å². The Balaban J connectivity index is 1.52. The zero-order valence-corrected chi connectivity index (χ0v) is 20.1. The lowest BCUT2D eigenvalue weighted by Gasteiger charge is -2.30. The van der Waals surface area contributed by atoms with E-state index in [1.807, 2.05) is 86.6 Å². The second-order valence-corrected chi connectivity index (χ2v) is 8.75. The summed E-state index contributed by atoms with van der Waals surface area (Å²) >= 11 is 6.01. The van der Waals surface area contributed by atoms with Gasteiger partial charge >= 0.3 is 0 Å². The summed E-state index contributed by atoms with van der Waals surface area (Å²) in [5, 5.41) is 11.4. The van der Waals surface area contributed by atoms with Gasteiger partial charge in [0, 0.05) is 22.0 Å². The molecule has 1 aromatic heterocycles. The van der Waals surface area contributed by atoms with Gasteiger partial charge in [-0.05, 0) is 49.2 Å². The van der Waals surface area contributed by atoms with Crippen molar-refractivity contribution < 1.29 is 9.53 Å². The van der Waals surface area contributed by atoms with Gasteiger partial charge in [-0.2, -0.15) is 10.1 Å². The number of para-hydroxylation sites is 2. The predicted molar refractivity (Wildman–Crippen MR) is 137 cm³/mol. The Kier molecular flexibility index (Phi) is 6.25. The average molecular weight is 486 g/mol. The molecule has 7 nitrogen and oxygen atoms in total. The van der Waals surface area contributed by atoms with E-state index in [1.165, 1.54) is 6.33 Å². The molecule has 2 heterocycles. The number of aryl methyl sites for hydroxylation is 1. The van der Waals surface area contributed by atoms with Crippen LogP contribution in [0.2, 0.25) is 5.02 Å². The summed E-state index contributed by atoms with van der Waals surface area (Å²) < 4.78 is 7.94. The fourth-order valence-corrected chi connectivity index (χ4v) is 4.28. The summed E-state index contributed by atoms with van der Waals surface area (Å²) in [6, 6.07) is 22.4. The van der Waals surface area contributed by atoms with Crippen molar-refractivity contribution in [3.8, 4) is 5.75 Å². The maximum Gasteiger partial charge on any atom is 0.255 e. The van der Waals surface area contributed by atoms with Gasteiger partial charge in [0.1, 0.15) is 24.7 Å². The molecule has 0 fully saturated rings. The lowest BCUT2D eigenvalue weighted by molar-refractivity contribution is -0.113. The minimum Gasteiger partial charge on any atom is -0.489 e. The standard InChI is InChI=1S/C27H24ClN5O2/c1-17-7-3-5-9-22(17)32-26(34)24-18(2)31-27-29-16-30-33(27)25(24)21-8-4-6-10-23(21)35-15-19-11-13-20(28)14-12-19/h3-14,16,25H,15H2,1-2H3,(H,32,34)(H,29,30,31)/t25-/m0/s1. The minimum atomic E-state index is -0.529. The molecule has 2 N–H and O–H groups in total. The van der Waals surface area contributed by atoms with Gasteiger partial charge in [0.05, 0.1) is 5.57 Å². The van der Waals surface area contributed by atoms with Crippen LogP contribution in [-0.4, -0.2) is 20.7 Å². The quantitative estimate of drug-likeness (QED) is 0.363. The van der Waals surface area contributed by atoms with Gasteiger partial charge in [-0.3, -0.25) is 4.79 Å². The average Bonchev–Trinajstić information content (AvgIpc) is 3.32. The van der Waals surface area contributed by atoms with E-state index in [9.17, 15) is 4.79 Å². The van der Waals surface area contributed by atoms with Crippen LogP contribution >= 0.6 is 11.6 Å². The molecule has 8 heteroatoms. The fourth-order valence-electron chi connectivity index (χ4n) is 4.15. The summed E-state index contributed by atoms with van der Waals surface area (Å²) in [6.45, 7) is 4.19. The first-order valence-electron chi connectivity index (χ1n) is 11.2. The molecule has 0 unspecified atom stereocenters. The summed E-state index contributed by atoms with van der Waals surface area (Å²) in [4.78, 5) is 18.0. The van der Waals surface area contributed by atoms with Crippen LogP contribution in [-0.2, 0) is 11.4 Å². The van der Waals surface area contributed by atoms with E-state index >= 15 is 0 Å². The van der Waals surface area contributed by atoms with Crippen molar-refractivity contribution in [1.82, 2.24) is 14.8 Å². The summed E-state index contributed by atoms with van der Waals surface area (Å²) in [6.07, 6.45) is 1.47. The maximum atomic E-state index is 13.6. The van der Waals surface area contributed by atoms with Gasteiger partial charge in [-0.25, -0.2) is 4.68 Å². The summed E-state index contributed by atoms with van der Waals surface area (Å²) in [5.41, 5.74) is 4.77. The normalized spacial score (nSPS) is 14.8. The van der Waals surface area contributed by atoms with Crippen LogP contribution in [0.5, 0.6) is 5.75 Å². The van der Waals surface area contributed by atoms with Crippen molar-refractivity contribution >= 4 is 29.1 Å². The molecular formula is C27H24ClN5O2. The zero-order valence-electron chi connectivity index (χ0n) is 19.3. The third-order valence-electron chi connectivity index (χ3n) is 5.95. The Morgan fingerprint density at radius 2 is 1.80 bits per heavy atom. The molecule has 5 rings (SSSR count). The molecule has 0 saturated heterocycles. The van der Waals surface area contributed by atoms with E-state index in [4.69, 9.17) is 16.3 Å². The SMILES string of the molecule is CC1=C(C(=O)Nc2ccccc2C)[C@H](c2ccccc2OCc2ccc(Cl)cc2)n2ncnc2N1. The third kappa shape index (κ3) is 4.63. The first kappa shape index (κ1) is 22.7. The van der Waals surface area contributed by atoms with E-state index in [0.717, 1.165) is 22.4 Å². The highest BCUT2D eigenvalue weighted by Crippen LogP contribution is 2.39. The van der Waals surface area contributed by atoms with Gasteiger partial charge in [-0.1, -0.05) is 60.1 Å². The maximum absolute atomic E-state index is 13.6. The molecule has 0 radical (unpaired) electrons. The van der Waals surface area contributed by atoms with E-state index in [2.05, 4.69) is 20.7 Å². The molecule has 0 saturated carbocycles. The molecular weight excluding hydrogens is 462 g/mol. The highest BCUT2D eigenvalue weighted by atomic mass is 35.5. The number of hydrogen-bond donors (Lipinski definition) is 2.